The first-order valence-corrected chi connectivity index (χ1v) is 9.31. The molecule has 1 saturated heterocycles. The number of halogens is 2. The molecule has 4 nitrogen and oxygen atoms in total. The van der Waals surface area contributed by atoms with Crippen LogP contribution in [0.3, 0.4) is 0 Å². The third-order valence-electron chi connectivity index (χ3n) is 4.65. The van der Waals surface area contributed by atoms with Gasteiger partial charge in [0.1, 0.15) is 6.10 Å². The minimum Gasteiger partial charge on any atom is -0.462 e. The van der Waals surface area contributed by atoms with Gasteiger partial charge >= 0.3 is 5.97 Å². The maximum absolute atomic E-state index is 12.2. The van der Waals surface area contributed by atoms with Gasteiger partial charge in [-0.3, -0.25) is 9.74 Å². The average Bonchev–Trinajstić information content (AvgIpc) is 2.63. The van der Waals surface area contributed by atoms with Crippen molar-refractivity contribution in [3.8, 4) is 5.75 Å². The summed E-state index contributed by atoms with van der Waals surface area (Å²) >= 11 is 6.37. The zero-order chi connectivity index (χ0) is 19.4. The van der Waals surface area contributed by atoms with Crippen LogP contribution in [0.1, 0.15) is 49.5 Å². The van der Waals surface area contributed by atoms with Gasteiger partial charge in [-0.2, -0.15) is 0 Å². The van der Waals surface area contributed by atoms with E-state index in [1.165, 1.54) is 6.92 Å². The topological polar surface area (TPSA) is 44.8 Å². The number of rotatable bonds is 5. The molecule has 0 N–H and O–H groups in total. The Morgan fingerprint density at radius 3 is 2.63 bits per heavy atom. The van der Waals surface area contributed by atoms with E-state index in [1.54, 1.807) is 24.3 Å². The lowest BCUT2D eigenvalue weighted by Gasteiger charge is -2.33. The van der Waals surface area contributed by atoms with Gasteiger partial charge in [0.25, 0.3) is 0 Å². The summed E-state index contributed by atoms with van der Waals surface area (Å²) in [5.74, 6) is -0.106. The van der Waals surface area contributed by atoms with Crippen LogP contribution in [0.4, 0.5) is 4.53 Å². The molecule has 1 aliphatic rings. The lowest BCUT2D eigenvalue weighted by atomic mass is 9.94. The van der Waals surface area contributed by atoms with Crippen molar-refractivity contribution in [3.05, 3.63) is 64.2 Å². The molecule has 27 heavy (non-hydrogen) atoms. The van der Waals surface area contributed by atoms with Crippen LogP contribution in [-0.2, 0) is 20.7 Å². The number of carbonyl (C=O) groups is 1. The summed E-state index contributed by atoms with van der Waals surface area (Å²) in [5, 5.41) is 0.657. The molecule has 0 unspecified atom stereocenters. The van der Waals surface area contributed by atoms with Gasteiger partial charge in [0.2, 0.25) is 0 Å². The van der Waals surface area contributed by atoms with Gasteiger partial charge < -0.3 is 9.47 Å². The number of hydrogen-bond donors (Lipinski definition) is 0. The van der Waals surface area contributed by atoms with Crippen LogP contribution >= 0.6 is 11.6 Å². The zero-order valence-electron chi connectivity index (χ0n) is 15.3. The van der Waals surface area contributed by atoms with Gasteiger partial charge in [0.15, 0.2) is 5.75 Å². The molecule has 6 heteroatoms. The van der Waals surface area contributed by atoms with E-state index >= 15 is 0 Å². The summed E-state index contributed by atoms with van der Waals surface area (Å²) in [6.45, 7) is 3.41. The molecule has 144 valence electrons. The number of benzene rings is 2. The molecule has 0 saturated carbocycles. The van der Waals surface area contributed by atoms with E-state index in [4.69, 9.17) is 21.1 Å². The van der Waals surface area contributed by atoms with E-state index in [9.17, 15) is 9.32 Å². The molecular weight excluding hydrogens is 371 g/mol. The normalized spacial score (nSPS) is 22.3. The Balaban J connectivity index is 1.78. The van der Waals surface area contributed by atoms with E-state index in [1.807, 2.05) is 25.1 Å². The molecule has 0 aliphatic carbocycles. The van der Waals surface area contributed by atoms with Crippen LogP contribution in [0.5, 0.6) is 5.75 Å². The molecule has 3 rings (SSSR count). The summed E-state index contributed by atoms with van der Waals surface area (Å²) in [6, 6.07) is 12.6. The SMILES string of the molecule is CC(=O)O[C@H]1C[C@@H](C)O[C@@H](c2ccc(Cl)c(Cc3ccc(OF)cc3)c2)C1. The fourth-order valence-electron chi connectivity index (χ4n) is 3.45. The van der Waals surface area contributed by atoms with Crippen molar-refractivity contribution in [2.75, 3.05) is 0 Å². The van der Waals surface area contributed by atoms with E-state index < -0.39 is 0 Å². The van der Waals surface area contributed by atoms with Crippen molar-refractivity contribution in [2.45, 2.75) is 51.4 Å². The van der Waals surface area contributed by atoms with Crippen LogP contribution < -0.4 is 4.94 Å². The standard InChI is InChI=1S/C21H22ClFO4/c1-13-9-19(26-14(2)24)12-21(25-13)16-5-8-20(22)17(11-16)10-15-3-6-18(27-23)7-4-15/h3-8,11,13,19,21H,9-10,12H2,1-2H3/t13-,19+,21-/m1/s1. The Morgan fingerprint density at radius 2 is 1.96 bits per heavy atom. The molecule has 2 aromatic rings. The van der Waals surface area contributed by atoms with Crippen LogP contribution in [-0.4, -0.2) is 18.2 Å². The summed E-state index contributed by atoms with van der Waals surface area (Å²) in [4.78, 5) is 15.0. The van der Waals surface area contributed by atoms with E-state index in [0.717, 1.165) is 16.7 Å². The molecule has 1 fully saturated rings. The smallest absolute Gasteiger partial charge is 0.302 e. The largest absolute Gasteiger partial charge is 0.462 e. The van der Waals surface area contributed by atoms with E-state index in [2.05, 4.69) is 4.94 Å². The van der Waals surface area contributed by atoms with Crippen LogP contribution in [0.15, 0.2) is 42.5 Å². The summed E-state index contributed by atoms with van der Waals surface area (Å²) in [7, 11) is 0. The van der Waals surface area contributed by atoms with Crippen molar-refractivity contribution in [1.82, 2.24) is 0 Å². The second-order valence-electron chi connectivity index (χ2n) is 6.89. The molecule has 0 spiro atoms. The molecule has 0 amide bonds. The van der Waals surface area contributed by atoms with Crippen LogP contribution in [0, 0.1) is 0 Å². The maximum Gasteiger partial charge on any atom is 0.302 e. The predicted molar refractivity (Wildman–Crippen MR) is 101 cm³/mol. The minimum atomic E-state index is -0.273. The Kier molecular flexibility index (Phi) is 6.34. The van der Waals surface area contributed by atoms with Gasteiger partial charge in [0.05, 0.1) is 12.2 Å². The van der Waals surface area contributed by atoms with Crippen molar-refractivity contribution < 1.29 is 23.7 Å². The Hall–Kier alpha value is -2.11. The lowest BCUT2D eigenvalue weighted by Crippen LogP contribution is -2.32. The second kappa shape index (κ2) is 8.72. The highest BCUT2D eigenvalue weighted by atomic mass is 35.5. The molecule has 0 aromatic heterocycles. The fourth-order valence-corrected chi connectivity index (χ4v) is 3.64. The van der Waals surface area contributed by atoms with E-state index in [-0.39, 0.29) is 30.0 Å². The predicted octanol–water partition coefficient (Wildman–Crippen LogP) is 5.37. The quantitative estimate of drug-likeness (QED) is 0.642. The van der Waals surface area contributed by atoms with Gasteiger partial charge in [-0.1, -0.05) is 35.9 Å². The Labute approximate surface area is 163 Å². The van der Waals surface area contributed by atoms with Crippen molar-refractivity contribution in [1.29, 1.82) is 0 Å². The maximum atomic E-state index is 12.2. The zero-order valence-corrected chi connectivity index (χ0v) is 16.0. The minimum absolute atomic E-state index is 0.000438. The molecule has 3 atom stereocenters. The summed E-state index contributed by atoms with van der Waals surface area (Å²) < 4.78 is 23.6. The molecule has 1 aliphatic heterocycles. The molecule has 0 bridgehead atoms. The highest BCUT2D eigenvalue weighted by molar-refractivity contribution is 6.31. The molecular formula is C21H22ClFO4. The highest BCUT2D eigenvalue weighted by Gasteiger charge is 2.30. The summed E-state index contributed by atoms with van der Waals surface area (Å²) in [5.41, 5.74) is 2.95. The van der Waals surface area contributed by atoms with Crippen molar-refractivity contribution in [3.63, 3.8) is 0 Å². The van der Waals surface area contributed by atoms with E-state index in [0.29, 0.717) is 24.3 Å². The van der Waals surface area contributed by atoms with Crippen LogP contribution in [0.2, 0.25) is 5.02 Å². The average molecular weight is 393 g/mol. The Morgan fingerprint density at radius 1 is 1.22 bits per heavy atom. The monoisotopic (exact) mass is 392 g/mol. The fraction of sp³-hybridized carbons (Fsp3) is 0.381. The van der Waals surface area contributed by atoms with Gasteiger partial charge in [-0.15, -0.1) is 0 Å². The third kappa shape index (κ3) is 5.21. The lowest BCUT2D eigenvalue weighted by molar-refractivity contribution is -0.158. The third-order valence-corrected chi connectivity index (χ3v) is 5.02. The first-order chi connectivity index (χ1) is 12.9. The molecule has 0 radical (unpaired) electrons. The number of hydrogen-bond acceptors (Lipinski definition) is 4. The van der Waals surface area contributed by atoms with Crippen molar-refractivity contribution in [2.24, 2.45) is 0 Å². The molecule has 2 aromatic carbocycles. The van der Waals surface area contributed by atoms with Gasteiger partial charge in [0, 0.05) is 29.3 Å². The first-order valence-electron chi connectivity index (χ1n) is 8.93. The Bertz CT molecular complexity index is 793. The van der Waals surface area contributed by atoms with Gasteiger partial charge in [-0.25, -0.2) is 0 Å². The number of esters is 1. The first kappa shape index (κ1) is 19.6. The summed E-state index contributed by atoms with van der Waals surface area (Å²) in [6.07, 6.45) is 1.61. The van der Waals surface area contributed by atoms with Crippen molar-refractivity contribution >= 4 is 17.6 Å². The number of carbonyl (C=O) groups excluding carboxylic acids is 1. The van der Waals surface area contributed by atoms with Gasteiger partial charge in [-0.05, 0) is 48.2 Å². The molecule has 1 heterocycles. The second-order valence-corrected chi connectivity index (χ2v) is 7.29. The number of ether oxygens (including phenoxy) is 2. The highest BCUT2D eigenvalue weighted by Crippen LogP contribution is 2.35. The van der Waals surface area contributed by atoms with Crippen LogP contribution in [0.25, 0.3) is 0 Å².